The highest BCUT2D eigenvalue weighted by Crippen LogP contribution is 2.23. The van der Waals surface area contributed by atoms with E-state index in [4.69, 9.17) is 0 Å². The van der Waals surface area contributed by atoms with Gasteiger partial charge in [-0.25, -0.2) is 0 Å². The van der Waals surface area contributed by atoms with Crippen molar-refractivity contribution in [2.75, 3.05) is 13.6 Å². The Morgan fingerprint density at radius 1 is 1.24 bits per heavy atom. The Balaban J connectivity index is 1.90. The number of amides is 2. The summed E-state index contributed by atoms with van der Waals surface area (Å²) in [6.45, 7) is 3.93. The Labute approximate surface area is 126 Å². The number of fused-ring (bicyclic) bond motifs is 1. The molecule has 0 fully saturated rings. The number of carbonyl (C=O) groups is 2. The van der Waals surface area contributed by atoms with Crippen molar-refractivity contribution in [1.29, 1.82) is 0 Å². The number of nitrogens with one attached hydrogen (secondary N) is 1. The Bertz CT molecular complexity index is 538. The minimum atomic E-state index is -0.116. The van der Waals surface area contributed by atoms with Crippen LogP contribution in [0.1, 0.15) is 37.0 Å². The van der Waals surface area contributed by atoms with Crippen LogP contribution in [0.15, 0.2) is 18.2 Å². The van der Waals surface area contributed by atoms with Crippen molar-refractivity contribution in [3.8, 4) is 0 Å². The van der Waals surface area contributed by atoms with Crippen LogP contribution in [0.3, 0.4) is 0 Å². The minimum Gasteiger partial charge on any atom is -0.352 e. The van der Waals surface area contributed by atoms with Crippen molar-refractivity contribution < 1.29 is 9.59 Å². The van der Waals surface area contributed by atoms with E-state index in [9.17, 15) is 9.59 Å². The Hall–Kier alpha value is -1.84. The topological polar surface area (TPSA) is 49.4 Å². The summed E-state index contributed by atoms with van der Waals surface area (Å²) in [7, 11) is 1.68. The second-order valence-corrected chi connectivity index (χ2v) is 6.11. The Kier molecular flexibility index (Phi) is 4.99. The number of hydrogen-bond donors (Lipinski definition) is 1. The highest BCUT2D eigenvalue weighted by atomic mass is 16.2. The second kappa shape index (κ2) is 6.74. The van der Waals surface area contributed by atoms with Crippen LogP contribution in [0.25, 0.3) is 0 Å². The molecule has 0 bridgehead atoms. The van der Waals surface area contributed by atoms with Gasteiger partial charge < -0.3 is 10.2 Å². The van der Waals surface area contributed by atoms with E-state index in [0.717, 1.165) is 18.4 Å². The van der Waals surface area contributed by atoms with Gasteiger partial charge in [-0.3, -0.25) is 9.59 Å². The zero-order valence-corrected chi connectivity index (χ0v) is 13.1. The van der Waals surface area contributed by atoms with Gasteiger partial charge in [-0.1, -0.05) is 18.2 Å². The summed E-state index contributed by atoms with van der Waals surface area (Å²) in [5.74, 6) is -0.137. The molecule has 1 N–H and O–H groups in total. The molecule has 1 aromatic carbocycles. The molecular weight excluding hydrogens is 264 g/mol. The molecule has 2 rings (SSSR count). The van der Waals surface area contributed by atoms with E-state index in [2.05, 4.69) is 17.4 Å². The summed E-state index contributed by atoms with van der Waals surface area (Å²) in [6, 6.07) is 6.40. The number of carbonyl (C=O) groups excluding carboxylic acids is 2. The molecule has 114 valence electrons. The zero-order valence-electron chi connectivity index (χ0n) is 13.1. The van der Waals surface area contributed by atoms with Crippen molar-refractivity contribution >= 4 is 11.8 Å². The molecule has 0 atom stereocenters. The van der Waals surface area contributed by atoms with Crippen molar-refractivity contribution in [2.24, 2.45) is 0 Å². The average Bonchev–Trinajstić information content (AvgIpc) is 2.84. The van der Waals surface area contributed by atoms with E-state index in [1.165, 1.54) is 22.4 Å². The molecule has 0 spiro atoms. The van der Waals surface area contributed by atoms with Crippen molar-refractivity contribution in [3.05, 3.63) is 34.9 Å². The van der Waals surface area contributed by atoms with Gasteiger partial charge in [0, 0.05) is 13.1 Å². The SMILES string of the molecule is CC(C)NC(=O)CN(C)C(=O)Cc1ccc2c(c1)CCC2. The maximum absolute atomic E-state index is 12.2. The first-order chi connectivity index (χ1) is 9.95. The molecule has 1 aliphatic carbocycles. The number of nitrogens with zero attached hydrogens (tertiary/aromatic N) is 1. The lowest BCUT2D eigenvalue weighted by atomic mass is 10.0. The van der Waals surface area contributed by atoms with Crippen LogP contribution in [-0.4, -0.2) is 36.3 Å². The lowest BCUT2D eigenvalue weighted by molar-refractivity contribution is -0.134. The minimum absolute atomic E-state index is 0.0214. The van der Waals surface area contributed by atoms with Crippen LogP contribution in [0.5, 0.6) is 0 Å². The third-order valence-corrected chi connectivity index (χ3v) is 3.77. The molecule has 0 heterocycles. The van der Waals surface area contributed by atoms with E-state index < -0.39 is 0 Å². The monoisotopic (exact) mass is 288 g/mol. The lowest BCUT2D eigenvalue weighted by Gasteiger charge is -2.18. The highest BCUT2D eigenvalue weighted by molar-refractivity contribution is 5.85. The van der Waals surface area contributed by atoms with Crippen molar-refractivity contribution in [2.45, 2.75) is 45.6 Å². The molecule has 0 unspecified atom stereocenters. The largest absolute Gasteiger partial charge is 0.352 e. The second-order valence-electron chi connectivity index (χ2n) is 6.11. The summed E-state index contributed by atoms with van der Waals surface area (Å²) < 4.78 is 0. The van der Waals surface area contributed by atoms with Crippen molar-refractivity contribution in [1.82, 2.24) is 10.2 Å². The normalized spacial score (nSPS) is 13.1. The molecule has 0 radical (unpaired) electrons. The van der Waals surface area contributed by atoms with Crippen LogP contribution in [0.2, 0.25) is 0 Å². The van der Waals surface area contributed by atoms with E-state index in [0.29, 0.717) is 6.42 Å². The van der Waals surface area contributed by atoms with E-state index in [-0.39, 0.29) is 24.4 Å². The van der Waals surface area contributed by atoms with Gasteiger partial charge in [0.05, 0.1) is 13.0 Å². The zero-order chi connectivity index (χ0) is 15.4. The summed E-state index contributed by atoms with van der Waals surface area (Å²) in [5.41, 5.74) is 3.83. The van der Waals surface area contributed by atoms with Crippen molar-refractivity contribution in [3.63, 3.8) is 0 Å². The van der Waals surface area contributed by atoms with E-state index in [1.807, 2.05) is 19.9 Å². The van der Waals surface area contributed by atoms with Crippen LogP contribution < -0.4 is 5.32 Å². The molecule has 1 aromatic rings. The standard InChI is InChI=1S/C17H24N2O2/c1-12(2)18-16(20)11-19(3)17(21)10-13-7-8-14-5-4-6-15(14)9-13/h7-9,12H,4-6,10-11H2,1-3H3,(H,18,20). The molecule has 4 nitrogen and oxygen atoms in total. The Morgan fingerprint density at radius 2 is 1.95 bits per heavy atom. The van der Waals surface area contributed by atoms with Crippen LogP contribution in [0, 0.1) is 0 Å². The van der Waals surface area contributed by atoms with Crippen LogP contribution in [0.4, 0.5) is 0 Å². The van der Waals surface area contributed by atoms with Gasteiger partial charge in [0.15, 0.2) is 0 Å². The molecule has 2 amide bonds. The molecule has 0 aromatic heterocycles. The molecular formula is C17H24N2O2. The van der Waals surface area contributed by atoms with Gasteiger partial charge in [0.1, 0.15) is 0 Å². The molecule has 0 aliphatic heterocycles. The fourth-order valence-corrected chi connectivity index (χ4v) is 2.72. The lowest BCUT2D eigenvalue weighted by Crippen LogP contribution is -2.41. The summed E-state index contributed by atoms with van der Waals surface area (Å²) >= 11 is 0. The Morgan fingerprint density at radius 3 is 2.67 bits per heavy atom. The number of aryl methyl sites for hydroxylation is 2. The third-order valence-electron chi connectivity index (χ3n) is 3.77. The van der Waals surface area contributed by atoms with Crippen LogP contribution >= 0.6 is 0 Å². The quantitative estimate of drug-likeness (QED) is 0.896. The fraction of sp³-hybridized carbons (Fsp3) is 0.529. The van der Waals surface area contributed by atoms with Gasteiger partial charge in [-0.2, -0.15) is 0 Å². The smallest absolute Gasteiger partial charge is 0.239 e. The fourth-order valence-electron chi connectivity index (χ4n) is 2.72. The van der Waals surface area contributed by atoms with Gasteiger partial charge in [0.25, 0.3) is 0 Å². The predicted octanol–water partition coefficient (Wildman–Crippen LogP) is 1.70. The van der Waals surface area contributed by atoms with Gasteiger partial charge >= 0.3 is 0 Å². The van der Waals surface area contributed by atoms with Gasteiger partial charge in [0.2, 0.25) is 11.8 Å². The van der Waals surface area contributed by atoms with Gasteiger partial charge in [-0.05, 0) is 49.8 Å². The maximum Gasteiger partial charge on any atom is 0.239 e. The molecule has 21 heavy (non-hydrogen) atoms. The number of benzene rings is 1. The molecule has 1 aliphatic rings. The number of rotatable bonds is 5. The predicted molar refractivity (Wildman–Crippen MR) is 83.1 cm³/mol. The molecule has 0 saturated heterocycles. The van der Waals surface area contributed by atoms with E-state index in [1.54, 1.807) is 7.05 Å². The average molecular weight is 288 g/mol. The number of likely N-dealkylation sites (N-methyl/N-ethyl adjacent to an activating group) is 1. The number of hydrogen-bond acceptors (Lipinski definition) is 2. The van der Waals surface area contributed by atoms with Crippen LogP contribution in [-0.2, 0) is 28.9 Å². The van der Waals surface area contributed by atoms with Gasteiger partial charge in [-0.15, -0.1) is 0 Å². The summed E-state index contributed by atoms with van der Waals surface area (Å²) in [6.07, 6.45) is 3.84. The van der Waals surface area contributed by atoms with E-state index >= 15 is 0 Å². The first-order valence-corrected chi connectivity index (χ1v) is 7.59. The summed E-state index contributed by atoms with van der Waals surface area (Å²) in [4.78, 5) is 25.3. The first-order valence-electron chi connectivity index (χ1n) is 7.59. The first kappa shape index (κ1) is 15.5. The third kappa shape index (κ3) is 4.31. The highest BCUT2D eigenvalue weighted by Gasteiger charge is 2.16. The summed E-state index contributed by atoms with van der Waals surface area (Å²) in [5, 5.41) is 2.79. The molecule has 0 saturated carbocycles. The molecule has 4 heteroatoms. The maximum atomic E-state index is 12.2.